The number of halogens is 1. The van der Waals surface area contributed by atoms with Gasteiger partial charge in [0.2, 0.25) is 0 Å². The topological polar surface area (TPSA) is 57.6 Å². The first-order valence-corrected chi connectivity index (χ1v) is 8.50. The molecular formula is C13H18ClNO3S. The largest absolute Gasteiger partial charge is 0.395 e. The van der Waals surface area contributed by atoms with Crippen LogP contribution in [0.15, 0.2) is 24.3 Å². The minimum absolute atomic E-state index is 0.0149. The van der Waals surface area contributed by atoms with Crippen LogP contribution in [-0.2, 0) is 16.4 Å². The number of sulfone groups is 1. The maximum absolute atomic E-state index is 11.6. The molecule has 1 aromatic carbocycles. The SMILES string of the molecule is O=S1(=O)CCC(N(CCO)Cc2ccccc2Cl)C1. The first-order valence-electron chi connectivity index (χ1n) is 6.30. The number of benzene rings is 1. The Hall–Kier alpha value is -0.620. The number of hydrogen-bond donors (Lipinski definition) is 1. The zero-order valence-electron chi connectivity index (χ0n) is 10.6. The highest BCUT2D eigenvalue weighted by molar-refractivity contribution is 7.91. The maximum atomic E-state index is 11.6. The van der Waals surface area contributed by atoms with Crippen LogP contribution in [0, 0.1) is 0 Å². The van der Waals surface area contributed by atoms with Crippen molar-refractivity contribution in [3.8, 4) is 0 Å². The Morgan fingerprint density at radius 2 is 2.11 bits per heavy atom. The van der Waals surface area contributed by atoms with Crippen LogP contribution in [0.3, 0.4) is 0 Å². The average molecular weight is 304 g/mol. The van der Waals surface area contributed by atoms with Gasteiger partial charge in [-0.1, -0.05) is 29.8 Å². The Labute approximate surface area is 118 Å². The van der Waals surface area contributed by atoms with E-state index in [9.17, 15) is 8.42 Å². The lowest BCUT2D eigenvalue weighted by molar-refractivity contribution is 0.154. The van der Waals surface area contributed by atoms with Crippen LogP contribution >= 0.6 is 11.6 Å². The third kappa shape index (κ3) is 3.92. The van der Waals surface area contributed by atoms with Gasteiger partial charge < -0.3 is 5.11 Å². The zero-order chi connectivity index (χ0) is 13.9. The molecule has 1 aliphatic heterocycles. The molecule has 0 bridgehead atoms. The number of nitrogens with zero attached hydrogens (tertiary/aromatic N) is 1. The molecule has 1 aliphatic rings. The van der Waals surface area contributed by atoms with Crippen LogP contribution < -0.4 is 0 Å². The maximum Gasteiger partial charge on any atom is 0.151 e. The van der Waals surface area contributed by atoms with E-state index in [0.717, 1.165) is 5.56 Å². The van der Waals surface area contributed by atoms with Crippen molar-refractivity contribution >= 4 is 21.4 Å². The van der Waals surface area contributed by atoms with E-state index >= 15 is 0 Å². The molecule has 1 fully saturated rings. The molecule has 0 radical (unpaired) electrons. The van der Waals surface area contributed by atoms with Gasteiger partial charge >= 0.3 is 0 Å². The van der Waals surface area contributed by atoms with Gasteiger partial charge in [0.05, 0.1) is 18.1 Å². The summed E-state index contributed by atoms with van der Waals surface area (Å²) in [4.78, 5) is 2.01. The fourth-order valence-electron chi connectivity index (χ4n) is 2.43. The molecule has 0 aromatic heterocycles. The monoisotopic (exact) mass is 303 g/mol. The second kappa shape index (κ2) is 6.22. The molecule has 1 N–H and O–H groups in total. The molecule has 0 spiro atoms. The normalized spacial score (nSPS) is 21.9. The van der Waals surface area contributed by atoms with Crippen molar-refractivity contribution in [2.24, 2.45) is 0 Å². The van der Waals surface area contributed by atoms with Crippen LogP contribution in [0.4, 0.5) is 0 Å². The highest BCUT2D eigenvalue weighted by Crippen LogP contribution is 2.22. The molecule has 1 unspecified atom stereocenters. The Morgan fingerprint density at radius 3 is 2.68 bits per heavy atom. The lowest BCUT2D eigenvalue weighted by Crippen LogP contribution is -2.37. The summed E-state index contributed by atoms with van der Waals surface area (Å²) in [5, 5.41) is 9.82. The smallest absolute Gasteiger partial charge is 0.151 e. The Morgan fingerprint density at radius 1 is 1.37 bits per heavy atom. The summed E-state index contributed by atoms with van der Waals surface area (Å²) < 4.78 is 23.1. The van der Waals surface area contributed by atoms with Crippen LogP contribution in [0.25, 0.3) is 0 Å². The minimum atomic E-state index is -2.92. The minimum Gasteiger partial charge on any atom is -0.395 e. The fraction of sp³-hybridized carbons (Fsp3) is 0.538. The number of rotatable bonds is 5. The summed E-state index contributed by atoms with van der Waals surface area (Å²) in [5.74, 6) is 0.416. The summed E-state index contributed by atoms with van der Waals surface area (Å²) in [6.07, 6.45) is 0.632. The van der Waals surface area contributed by atoms with Gasteiger partial charge in [0.25, 0.3) is 0 Å². The Kier molecular flexibility index (Phi) is 4.84. The third-order valence-electron chi connectivity index (χ3n) is 3.44. The summed E-state index contributed by atoms with van der Waals surface area (Å²) in [6, 6.07) is 7.50. The second-order valence-electron chi connectivity index (χ2n) is 4.84. The molecule has 0 aliphatic carbocycles. The first-order chi connectivity index (χ1) is 9.02. The van der Waals surface area contributed by atoms with E-state index in [1.165, 1.54) is 0 Å². The molecule has 0 saturated carbocycles. The highest BCUT2D eigenvalue weighted by Gasteiger charge is 2.32. The quantitative estimate of drug-likeness (QED) is 0.891. The first kappa shape index (κ1) is 14.8. The van der Waals surface area contributed by atoms with E-state index in [-0.39, 0.29) is 24.2 Å². The lowest BCUT2D eigenvalue weighted by Gasteiger charge is -2.27. The summed E-state index contributed by atoms with van der Waals surface area (Å²) >= 11 is 6.12. The zero-order valence-corrected chi connectivity index (χ0v) is 12.2. The van der Waals surface area contributed by atoms with Crippen LogP contribution in [0.1, 0.15) is 12.0 Å². The predicted molar refractivity (Wildman–Crippen MR) is 76.0 cm³/mol. The van der Waals surface area contributed by atoms with Crippen molar-refractivity contribution in [3.63, 3.8) is 0 Å². The molecule has 106 valence electrons. The van der Waals surface area contributed by atoms with Gasteiger partial charge in [0, 0.05) is 24.2 Å². The molecule has 4 nitrogen and oxygen atoms in total. The third-order valence-corrected chi connectivity index (χ3v) is 5.56. The summed E-state index contributed by atoms with van der Waals surface area (Å²) in [6.45, 7) is 1.05. The second-order valence-corrected chi connectivity index (χ2v) is 7.48. The molecule has 1 aromatic rings. The predicted octanol–water partition coefficient (Wildman–Crippen LogP) is 1.32. The van der Waals surface area contributed by atoms with E-state index in [1.54, 1.807) is 0 Å². The van der Waals surface area contributed by atoms with Crippen molar-refractivity contribution in [3.05, 3.63) is 34.9 Å². The number of aliphatic hydroxyl groups excluding tert-OH is 1. The fourth-order valence-corrected chi connectivity index (χ4v) is 4.39. The van der Waals surface area contributed by atoms with Crippen molar-refractivity contribution in [1.29, 1.82) is 0 Å². The van der Waals surface area contributed by atoms with E-state index in [1.807, 2.05) is 29.2 Å². The van der Waals surface area contributed by atoms with Crippen molar-refractivity contribution in [1.82, 2.24) is 4.90 Å². The Bertz CT molecular complexity index is 532. The summed E-state index contributed by atoms with van der Waals surface area (Å²) in [5.41, 5.74) is 0.960. The molecule has 6 heteroatoms. The van der Waals surface area contributed by atoms with E-state index in [0.29, 0.717) is 24.5 Å². The number of hydrogen-bond acceptors (Lipinski definition) is 4. The van der Waals surface area contributed by atoms with Gasteiger partial charge in [0.15, 0.2) is 9.84 Å². The van der Waals surface area contributed by atoms with E-state index in [4.69, 9.17) is 16.7 Å². The van der Waals surface area contributed by atoms with Crippen LogP contribution in [0.5, 0.6) is 0 Å². The molecule has 1 atom stereocenters. The highest BCUT2D eigenvalue weighted by atomic mass is 35.5. The molecule has 0 amide bonds. The molecular weight excluding hydrogens is 286 g/mol. The van der Waals surface area contributed by atoms with Gasteiger partial charge in [-0.3, -0.25) is 4.90 Å². The van der Waals surface area contributed by atoms with Gasteiger partial charge in [-0.05, 0) is 18.1 Å². The van der Waals surface area contributed by atoms with Crippen molar-refractivity contribution in [2.75, 3.05) is 24.7 Å². The Balaban J connectivity index is 2.11. The molecule has 1 heterocycles. The molecule has 1 saturated heterocycles. The van der Waals surface area contributed by atoms with Crippen molar-refractivity contribution < 1.29 is 13.5 Å². The van der Waals surface area contributed by atoms with Crippen LogP contribution in [0.2, 0.25) is 5.02 Å². The number of aliphatic hydroxyl groups is 1. The van der Waals surface area contributed by atoms with Gasteiger partial charge in [0.1, 0.15) is 0 Å². The van der Waals surface area contributed by atoms with Gasteiger partial charge in [-0.25, -0.2) is 8.42 Å². The van der Waals surface area contributed by atoms with E-state index in [2.05, 4.69) is 0 Å². The average Bonchev–Trinajstić information content (AvgIpc) is 2.72. The van der Waals surface area contributed by atoms with Crippen LogP contribution in [-0.4, -0.2) is 49.1 Å². The van der Waals surface area contributed by atoms with Crippen molar-refractivity contribution in [2.45, 2.75) is 19.0 Å². The van der Waals surface area contributed by atoms with E-state index < -0.39 is 9.84 Å². The summed E-state index contributed by atoms with van der Waals surface area (Å²) in [7, 11) is -2.92. The lowest BCUT2D eigenvalue weighted by atomic mass is 10.1. The van der Waals surface area contributed by atoms with Gasteiger partial charge in [-0.15, -0.1) is 0 Å². The molecule has 2 rings (SSSR count). The molecule has 19 heavy (non-hydrogen) atoms. The standard InChI is InChI=1S/C13H18ClNO3S/c14-13-4-2-1-3-11(13)9-15(6-7-16)12-5-8-19(17,18)10-12/h1-4,12,16H,5-10H2. The van der Waals surface area contributed by atoms with Gasteiger partial charge in [-0.2, -0.15) is 0 Å².